The highest BCUT2D eigenvalue weighted by atomic mass is 16.5. The minimum Gasteiger partial charge on any atom is -0.494 e. The Morgan fingerprint density at radius 2 is 2.11 bits per heavy atom. The zero-order valence-corrected chi connectivity index (χ0v) is 11.7. The lowest BCUT2D eigenvalue weighted by Gasteiger charge is -2.15. The SMILES string of the molecule is CCCOc1cccc([C@H](C)NCCCOC)c1. The van der Waals surface area contributed by atoms with E-state index in [1.165, 1.54) is 5.56 Å². The Morgan fingerprint density at radius 1 is 1.28 bits per heavy atom. The first kappa shape index (κ1) is 15.0. The van der Waals surface area contributed by atoms with Crippen molar-refractivity contribution in [2.24, 2.45) is 0 Å². The average molecular weight is 251 g/mol. The number of hydrogen-bond acceptors (Lipinski definition) is 3. The predicted octanol–water partition coefficient (Wildman–Crippen LogP) is 3.16. The van der Waals surface area contributed by atoms with Gasteiger partial charge in [0, 0.05) is 19.8 Å². The topological polar surface area (TPSA) is 30.5 Å². The Morgan fingerprint density at radius 3 is 2.83 bits per heavy atom. The minimum atomic E-state index is 0.340. The Kier molecular flexibility index (Phi) is 7.46. The second-order valence-electron chi connectivity index (χ2n) is 4.44. The van der Waals surface area contributed by atoms with Gasteiger partial charge in [0.1, 0.15) is 5.75 Å². The number of rotatable bonds is 9. The summed E-state index contributed by atoms with van der Waals surface area (Å²) in [5.41, 5.74) is 1.26. The summed E-state index contributed by atoms with van der Waals surface area (Å²) >= 11 is 0. The Hall–Kier alpha value is -1.06. The molecule has 0 aliphatic heterocycles. The van der Waals surface area contributed by atoms with Crippen LogP contribution in [0, 0.1) is 0 Å². The summed E-state index contributed by atoms with van der Waals surface area (Å²) in [4.78, 5) is 0. The van der Waals surface area contributed by atoms with Crippen molar-refractivity contribution in [3.63, 3.8) is 0 Å². The Balaban J connectivity index is 2.43. The highest BCUT2D eigenvalue weighted by Gasteiger charge is 2.05. The molecule has 0 aromatic heterocycles. The molecule has 0 saturated carbocycles. The van der Waals surface area contributed by atoms with Crippen LogP contribution in [0.4, 0.5) is 0 Å². The van der Waals surface area contributed by atoms with E-state index in [-0.39, 0.29) is 0 Å². The van der Waals surface area contributed by atoms with E-state index in [1.54, 1.807) is 7.11 Å². The Bertz CT molecular complexity index is 328. The van der Waals surface area contributed by atoms with Gasteiger partial charge in [-0.15, -0.1) is 0 Å². The van der Waals surface area contributed by atoms with Gasteiger partial charge >= 0.3 is 0 Å². The first-order chi connectivity index (χ1) is 8.77. The van der Waals surface area contributed by atoms with Gasteiger partial charge in [-0.25, -0.2) is 0 Å². The van der Waals surface area contributed by atoms with Gasteiger partial charge in [-0.1, -0.05) is 19.1 Å². The number of benzene rings is 1. The average Bonchev–Trinajstić information content (AvgIpc) is 2.41. The fraction of sp³-hybridized carbons (Fsp3) is 0.600. The van der Waals surface area contributed by atoms with Crippen LogP contribution in [0.3, 0.4) is 0 Å². The molecule has 1 aromatic carbocycles. The van der Waals surface area contributed by atoms with Gasteiger partial charge in [-0.2, -0.15) is 0 Å². The van der Waals surface area contributed by atoms with Crippen LogP contribution in [-0.4, -0.2) is 26.9 Å². The standard InChI is InChI=1S/C15H25NO2/c1-4-10-18-15-8-5-7-14(12-15)13(2)16-9-6-11-17-3/h5,7-8,12-13,16H,4,6,9-11H2,1-3H3/t13-/m0/s1. The van der Waals surface area contributed by atoms with Crippen LogP contribution in [0.15, 0.2) is 24.3 Å². The zero-order chi connectivity index (χ0) is 13.2. The van der Waals surface area contributed by atoms with Gasteiger partial charge in [-0.05, 0) is 44.0 Å². The van der Waals surface area contributed by atoms with Crippen molar-refractivity contribution in [1.29, 1.82) is 0 Å². The fourth-order valence-electron chi connectivity index (χ4n) is 1.75. The molecule has 1 atom stereocenters. The van der Waals surface area contributed by atoms with E-state index in [0.29, 0.717) is 6.04 Å². The van der Waals surface area contributed by atoms with Crippen LogP contribution in [0.1, 0.15) is 38.3 Å². The van der Waals surface area contributed by atoms with E-state index in [9.17, 15) is 0 Å². The van der Waals surface area contributed by atoms with Crippen molar-refractivity contribution < 1.29 is 9.47 Å². The van der Waals surface area contributed by atoms with Crippen molar-refractivity contribution >= 4 is 0 Å². The van der Waals surface area contributed by atoms with Gasteiger partial charge in [-0.3, -0.25) is 0 Å². The van der Waals surface area contributed by atoms with Crippen molar-refractivity contribution in [3.05, 3.63) is 29.8 Å². The monoisotopic (exact) mass is 251 g/mol. The molecule has 0 amide bonds. The fourth-order valence-corrected chi connectivity index (χ4v) is 1.75. The van der Waals surface area contributed by atoms with Crippen LogP contribution >= 0.6 is 0 Å². The summed E-state index contributed by atoms with van der Waals surface area (Å²) in [6.45, 7) is 6.84. The third-order valence-electron chi connectivity index (χ3n) is 2.81. The van der Waals surface area contributed by atoms with Crippen molar-refractivity contribution in [1.82, 2.24) is 5.32 Å². The van der Waals surface area contributed by atoms with E-state index in [4.69, 9.17) is 9.47 Å². The highest BCUT2D eigenvalue weighted by molar-refractivity contribution is 5.30. The molecule has 18 heavy (non-hydrogen) atoms. The molecular formula is C15H25NO2. The molecule has 0 aliphatic carbocycles. The molecule has 0 saturated heterocycles. The lowest BCUT2D eigenvalue weighted by Crippen LogP contribution is -2.20. The van der Waals surface area contributed by atoms with E-state index >= 15 is 0 Å². The number of ether oxygens (including phenoxy) is 2. The third kappa shape index (κ3) is 5.52. The predicted molar refractivity (Wildman–Crippen MR) is 75.1 cm³/mol. The molecule has 1 rings (SSSR count). The van der Waals surface area contributed by atoms with E-state index in [0.717, 1.165) is 38.3 Å². The van der Waals surface area contributed by atoms with E-state index < -0.39 is 0 Å². The van der Waals surface area contributed by atoms with Crippen LogP contribution in [0.2, 0.25) is 0 Å². The zero-order valence-electron chi connectivity index (χ0n) is 11.7. The Labute approximate surface area is 110 Å². The number of methoxy groups -OCH3 is 1. The summed E-state index contributed by atoms with van der Waals surface area (Å²) in [5.74, 6) is 0.958. The molecule has 0 aliphatic rings. The number of nitrogens with one attached hydrogen (secondary N) is 1. The highest BCUT2D eigenvalue weighted by Crippen LogP contribution is 2.19. The van der Waals surface area contributed by atoms with Crippen molar-refractivity contribution in [3.8, 4) is 5.75 Å². The molecule has 102 valence electrons. The van der Waals surface area contributed by atoms with Gasteiger partial charge in [0.05, 0.1) is 6.61 Å². The lowest BCUT2D eigenvalue weighted by molar-refractivity contribution is 0.193. The molecule has 1 N–H and O–H groups in total. The van der Waals surface area contributed by atoms with E-state index in [2.05, 4.69) is 31.3 Å². The molecule has 3 nitrogen and oxygen atoms in total. The smallest absolute Gasteiger partial charge is 0.119 e. The quantitative estimate of drug-likeness (QED) is 0.684. The maximum Gasteiger partial charge on any atom is 0.119 e. The normalized spacial score (nSPS) is 12.4. The van der Waals surface area contributed by atoms with Gasteiger partial charge in [0.25, 0.3) is 0 Å². The second kappa shape index (κ2) is 8.95. The van der Waals surface area contributed by atoms with Crippen molar-refractivity contribution in [2.75, 3.05) is 26.9 Å². The van der Waals surface area contributed by atoms with E-state index in [1.807, 2.05) is 12.1 Å². The second-order valence-corrected chi connectivity index (χ2v) is 4.44. The third-order valence-corrected chi connectivity index (χ3v) is 2.81. The molecule has 0 radical (unpaired) electrons. The van der Waals surface area contributed by atoms with Crippen LogP contribution < -0.4 is 10.1 Å². The first-order valence-corrected chi connectivity index (χ1v) is 6.73. The maximum absolute atomic E-state index is 5.64. The minimum absolute atomic E-state index is 0.340. The lowest BCUT2D eigenvalue weighted by atomic mass is 10.1. The summed E-state index contributed by atoms with van der Waals surface area (Å²) < 4.78 is 10.7. The number of hydrogen-bond donors (Lipinski definition) is 1. The largest absolute Gasteiger partial charge is 0.494 e. The molecule has 0 fully saturated rings. The molecule has 0 bridgehead atoms. The van der Waals surface area contributed by atoms with Gasteiger partial charge in [0.15, 0.2) is 0 Å². The van der Waals surface area contributed by atoms with Gasteiger partial charge < -0.3 is 14.8 Å². The molecule has 1 aromatic rings. The summed E-state index contributed by atoms with van der Waals surface area (Å²) in [7, 11) is 1.73. The first-order valence-electron chi connectivity index (χ1n) is 6.73. The van der Waals surface area contributed by atoms with Crippen LogP contribution in [0.25, 0.3) is 0 Å². The van der Waals surface area contributed by atoms with Crippen molar-refractivity contribution in [2.45, 2.75) is 32.7 Å². The molecular weight excluding hydrogens is 226 g/mol. The summed E-state index contributed by atoms with van der Waals surface area (Å²) in [6, 6.07) is 8.65. The van der Waals surface area contributed by atoms with Gasteiger partial charge in [0.2, 0.25) is 0 Å². The molecule has 0 unspecified atom stereocenters. The molecule has 0 spiro atoms. The van der Waals surface area contributed by atoms with Crippen LogP contribution in [0.5, 0.6) is 5.75 Å². The maximum atomic E-state index is 5.64. The molecule has 3 heteroatoms. The van der Waals surface area contributed by atoms with Crippen LogP contribution in [-0.2, 0) is 4.74 Å². The summed E-state index contributed by atoms with van der Waals surface area (Å²) in [5, 5.41) is 3.48. The molecule has 0 heterocycles. The summed E-state index contributed by atoms with van der Waals surface area (Å²) in [6.07, 6.45) is 2.07.